The van der Waals surface area contributed by atoms with Crippen LogP contribution < -0.4 is 11.1 Å². The lowest BCUT2D eigenvalue weighted by atomic mass is 10.2. The number of carbonyl (C=O) groups is 1. The lowest BCUT2D eigenvalue weighted by molar-refractivity contribution is -0.111. The number of nitrogens with two attached hydrogens (primary N) is 1. The van der Waals surface area contributed by atoms with Crippen LogP contribution in [0, 0.1) is 0 Å². The summed E-state index contributed by atoms with van der Waals surface area (Å²) in [7, 11) is 0. The van der Waals surface area contributed by atoms with Gasteiger partial charge in [-0.15, -0.1) is 0 Å². The highest BCUT2D eigenvalue weighted by Gasteiger charge is 1.97. The molecule has 3 nitrogen and oxygen atoms in total. The topological polar surface area (TPSA) is 55.1 Å². The van der Waals surface area contributed by atoms with Gasteiger partial charge in [-0.05, 0) is 31.5 Å². The van der Waals surface area contributed by atoms with Crippen LogP contribution in [0.3, 0.4) is 0 Å². The van der Waals surface area contributed by atoms with Crippen LogP contribution >= 0.6 is 0 Å². The van der Waals surface area contributed by atoms with Crippen molar-refractivity contribution in [3.8, 4) is 0 Å². The molecular weight excluding hydrogens is 188 g/mol. The molecule has 1 rings (SSSR count). The highest BCUT2D eigenvalue weighted by molar-refractivity contribution is 5.99. The summed E-state index contributed by atoms with van der Waals surface area (Å²) in [5.41, 5.74) is 8.29. The van der Waals surface area contributed by atoms with Crippen molar-refractivity contribution in [2.75, 3.05) is 5.32 Å². The zero-order valence-electron chi connectivity index (χ0n) is 9.08. The van der Waals surface area contributed by atoms with Crippen LogP contribution in [0.15, 0.2) is 35.9 Å². The average molecular weight is 204 g/mol. The predicted octanol–water partition coefficient (Wildman–Crippen LogP) is 2.05. The van der Waals surface area contributed by atoms with Crippen molar-refractivity contribution < 1.29 is 4.79 Å². The highest BCUT2D eigenvalue weighted by atomic mass is 16.1. The van der Waals surface area contributed by atoms with E-state index in [1.165, 1.54) is 0 Å². The molecule has 0 unspecified atom stereocenters. The van der Waals surface area contributed by atoms with Crippen LogP contribution in [-0.2, 0) is 11.3 Å². The Balaban J connectivity index is 2.65. The first kappa shape index (κ1) is 11.5. The quantitative estimate of drug-likeness (QED) is 0.740. The first-order chi connectivity index (χ1) is 7.11. The molecule has 80 valence electrons. The Morgan fingerprint density at radius 2 is 1.93 bits per heavy atom. The molecule has 1 amide bonds. The molecule has 0 aliphatic carbocycles. The molecule has 0 radical (unpaired) electrons. The molecule has 0 heterocycles. The van der Waals surface area contributed by atoms with Crippen LogP contribution in [0.1, 0.15) is 19.4 Å². The maximum absolute atomic E-state index is 11.4. The average Bonchev–Trinajstić information content (AvgIpc) is 2.17. The lowest BCUT2D eigenvalue weighted by Gasteiger charge is -2.03. The predicted molar refractivity (Wildman–Crippen MR) is 62.4 cm³/mol. The monoisotopic (exact) mass is 204 g/mol. The van der Waals surface area contributed by atoms with E-state index in [2.05, 4.69) is 5.32 Å². The third-order valence-corrected chi connectivity index (χ3v) is 1.88. The minimum atomic E-state index is -0.101. The maximum atomic E-state index is 11.4. The van der Waals surface area contributed by atoms with Gasteiger partial charge < -0.3 is 11.1 Å². The number of carbonyl (C=O) groups excluding carboxylic acids is 1. The Bertz CT molecular complexity index is 362. The SMILES string of the molecule is CC(C)=CC(=O)Nc1ccc(CN)cc1. The van der Waals surface area contributed by atoms with Gasteiger partial charge in [0, 0.05) is 18.3 Å². The molecule has 0 spiro atoms. The summed E-state index contributed by atoms with van der Waals surface area (Å²) in [6.45, 7) is 4.29. The molecule has 0 aromatic heterocycles. The molecule has 1 aromatic rings. The molecule has 0 atom stereocenters. The Labute approximate surface area is 90.0 Å². The first-order valence-corrected chi connectivity index (χ1v) is 4.86. The van der Waals surface area contributed by atoms with Gasteiger partial charge >= 0.3 is 0 Å². The van der Waals surface area contributed by atoms with E-state index in [0.717, 1.165) is 16.8 Å². The van der Waals surface area contributed by atoms with Gasteiger partial charge in [0.25, 0.3) is 0 Å². The number of anilines is 1. The van der Waals surface area contributed by atoms with Crippen LogP contribution in [-0.4, -0.2) is 5.91 Å². The summed E-state index contributed by atoms with van der Waals surface area (Å²) < 4.78 is 0. The molecule has 3 N–H and O–H groups in total. The normalized spacial score (nSPS) is 9.53. The molecule has 0 saturated carbocycles. The molecule has 0 aliphatic rings. The Morgan fingerprint density at radius 3 is 2.40 bits per heavy atom. The molecule has 0 bridgehead atoms. The van der Waals surface area contributed by atoms with Crippen LogP contribution in [0.5, 0.6) is 0 Å². The van der Waals surface area contributed by atoms with Crippen LogP contribution in [0.2, 0.25) is 0 Å². The summed E-state index contributed by atoms with van der Waals surface area (Å²) in [4.78, 5) is 11.4. The molecule has 0 saturated heterocycles. The van der Waals surface area contributed by atoms with Gasteiger partial charge in [0.2, 0.25) is 5.91 Å². The van der Waals surface area contributed by atoms with Gasteiger partial charge in [-0.3, -0.25) is 4.79 Å². The summed E-state index contributed by atoms with van der Waals surface area (Å²) in [5, 5.41) is 2.77. The van der Waals surface area contributed by atoms with Crippen molar-refractivity contribution in [3.05, 3.63) is 41.5 Å². The number of rotatable bonds is 3. The number of hydrogen-bond donors (Lipinski definition) is 2. The lowest BCUT2D eigenvalue weighted by Crippen LogP contribution is -2.08. The second kappa shape index (κ2) is 5.32. The van der Waals surface area contributed by atoms with Crippen LogP contribution in [0.25, 0.3) is 0 Å². The standard InChI is InChI=1S/C12H16N2O/c1-9(2)7-12(15)14-11-5-3-10(8-13)4-6-11/h3-7H,8,13H2,1-2H3,(H,14,15). The second-order valence-corrected chi connectivity index (χ2v) is 3.61. The van der Waals surface area contributed by atoms with E-state index >= 15 is 0 Å². The van der Waals surface area contributed by atoms with E-state index in [1.54, 1.807) is 6.08 Å². The maximum Gasteiger partial charge on any atom is 0.248 e. The fraction of sp³-hybridized carbons (Fsp3) is 0.250. The zero-order valence-corrected chi connectivity index (χ0v) is 9.08. The summed E-state index contributed by atoms with van der Waals surface area (Å²) in [6, 6.07) is 7.49. The molecule has 0 fully saturated rings. The largest absolute Gasteiger partial charge is 0.326 e. The molecule has 15 heavy (non-hydrogen) atoms. The number of hydrogen-bond acceptors (Lipinski definition) is 2. The fourth-order valence-corrected chi connectivity index (χ4v) is 1.16. The number of allylic oxidation sites excluding steroid dienone is 1. The fourth-order valence-electron chi connectivity index (χ4n) is 1.16. The van der Waals surface area contributed by atoms with E-state index in [4.69, 9.17) is 5.73 Å². The van der Waals surface area contributed by atoms with Gasteiger partial charge in [0.15, 0.2) is 0 Å². The highest BCUT2D eigenvalue weighted by Crippen LogP contribution is 2.09. The Hall–Kier alpha value is -1.61. The minimum absolute atomic E-state index is 0.101. The van der Waals surface area contributed by atoms with Gasteiger partial charge in [0.1, 0.15) is 0 Å². The molecular formula is C12H16N2O. The van der Waals surface area contributed by atoms with E-state index < -0.39 is 0 Å². The van der Waals surface area contributed by atoms with Crippen molar-refractivity contribution in [1.29, 1.82) is 0 Å². The van der Waals surface area contributed by atoms with Gasteiger partial charge in [-0.1, -0.05) is 17.7 Å². The van der Waals surface area contributed by atoms with Crippen molar-refractivity contribution in [1.82, 2.24) is 0 Å². The zero-order chi connectivity index (χ0) is 11.3. The number of nitrogens with one attached hydrogen (secondary N) is 1. The van der Waals surface area contributed by atoms with E-state index in [0.29, 0.717) is 6.54 Å². The smallest absolute Gasteiger partial charge is 0.248 e. The van der Waals surface area contributed by atoms with Crippen molar-refractivity contribution in [2.24, 2.45) is 5.73 Å². The first-order valence-electron chi connectivity index (χ1n) is 4.86. The van der Waals surface area contributed by atoms with Gasteiger partial charge in [0.05, 0.1) is 0 Å². The van der Waals surface area contributed by atoms with E-state index in [-0.39, 0.29) is 5.91 Å². The summed E-state index contributed by atoms with van der Waals surface area (Å²) in [6.07, 6.45) is 1.57. The molecule has 1 aromatic carbocycles. The Kier molecular flexibility index (Phi) is 4.06. The van der Waals surface area contributed by atoms with E-state index in [9.17, 15) is 4.79 Å². The van der Waals surface area contributed by atoms with Gasteiger partial charge in [-0.25, -0.2) is 0 Å². The van der Waals surface area contributed by atoms with E-state index in [1.807, 2.05) is 38.1 Å². The van der Waals surface area contributed by atoms with Crippen molar-refractivity contribution in [3.63, 3.8) is 0 Å². The number of benzene rings is 1. The minimum Gasteiger partial charge on any atom is -0.326 e. The second-order valence-electron chi connectivity index (χ2n) is 3.61. The summed E-state index contributed by atoms with van der Waals surface area (Å²) >= 11 is 0. The van der Waals surface area contributed by atoms with Crippen molar-refractivity contribution >= 4 is 11.6 Å². The van der Waals surface area contributed by atoms with Crippen molar-refractivity contribution in [2.45, 2.75) is 20.4 Å². The molecule has 3 heteroatoms. The molecule has 0 aliphatic heterocycles. The third-order valence-electron chi connectivity index (χ3n) is 1.88. The summed E-state index contributed by atoms with van der Waals surface area (Å²) in [5.74, 6) is -0.101. The Morgan fingerprint density at radius 1 is 1.33 bits per heavy atom. The van der Waals surface area contributed by atoms with Gasteiger partial charge in [-0.2, -0.15) is 0 Å². The van der Waals surface area contributed by atoms with Crippen LogP contribution in [0.4, 0.5) is 5.69 Å². The third kappa shape index (κ3) is 3.95. The number of amides is 1.